The van der Waals surface area contributed by atoms with Crippen LogP contribution in [0.25, 0.3) is 10.8 Å². The van der Waals surface area contributed by atoms with Crippen LogP contribution >= 0.6 is 0 Å². The maximum atomic E-state index is 10.6. The first-order chi connectivity index (χ1) is 12.6. The van der Waals surface area contributed by atoms with E-state index in [1.807, 2.05) is 6.92 Å². The Bertz CT molecular complexity index is 749. The molecule has 0 bridgehead atoms. The van der Waals surface area contributed by atoms with Crippen LogP contribution < -0.4 is 10.6 Å². The van der Waals surface area contributed by atoms with Crippen molar-refractivity contribution in [3.8, 4) is 0 Å². The molecule has 0 saturated carbocycles. The zero-order chi connectivity index (χ0) is 18.4. The first kappa shape index (κ1) is 18.7. The number of nitrogens with zero attached hydrogens (tertiary/aromatic N) is 1. The van der Waals surface area contributed by atoms with E-state index in [0.29, 0.717) is 32.6 Å². The molecule has 2 aromatic rings. The Morgan fingerprint density at radius 3 is 2.69 bits per heavy atom. The topological polar surface area (TPSA) is 65.9 Å². The molecule has 140 valence electrons. The molecule has 3 N–H and O–H groups in total. The normalized spacial score (nSPS) is 18.5. The highest BCUT2D eigenvalue weighted by molar-refractivity contribution is 5.87. The SMILES string of the molecule is CCNC(=NCC1(O)CCOCC1)NC(C)c1cccc2ccccc12. The number of aliphatic hydroxyl groups is 1. The zero-order valence-corrected chi connectivity index (χ0v) is 15.7. The summed E-state index contributed by atoms with van der Waals surface area (Å²) in [6, 6.07) is 14.9. The van der Waals surface area contributed by atoms with Crippen molar-refractivity contribution in [3.63, 3.8) is 0 Å². The van der Waals surface area contributed by atoms with Gasteiger partial charge in [-0.25, -0.2) is 0 Å². The van der Waals surface area contributed by atoms with Crippen LogP contribution in [0, 0.1) is 0 Å². The smallest absolute Gasteiger partial charge is 0.191 e. The van der Waals surface area contributed by atoms with Crippen LogP contribution in [-0.2, 0) is 4.74 Å². The summed E-state index contributed by atoms with van der Waals surface area (Å²) in [6.07, 6.45) is 1.27. The number of aliphatic imine (C=N–C) groups is 1. The number of rotatable bonds is 5. The van der Waals surface area contributed by atoms with Crippen molar-refractivity contribution in [3.05, 3.63) is 48.0 Å². The Kier molecular flexibility index (Phi) is 6.12. The van der Waals surface area contributed by atoms with Gasteiger partial charge in [-0.1, -0.05) is 42.5 Å². The second kappa shape index (κ2) is 8.52. The zero-order valence-electron chi connectivity index (χ0n) is 15.7. The molecule has 2 aromatic carbocycles. The minimum Gasteiger partial charge on any atom is -0.388 e. The number of hydrogen-bond donors (Lipinski definition) is 3. The van der Waals surface area contributed by atoms with Crippen LogP contribution in [0.4, 0.5) is 0 Å². The Morgan fingerprint density at radius 1 is 1.19 bits per heavy atom. The van der Waals surface area contributed by atoms with Crippen molar-refractivity contribution in [1.82, 2.24) is 10.6 Å². The van der Waals surface area contributed by atoms with Crippen molar-refractivity contribution in [1.29, 1.82) is 0 Å². The van der Waals surface area contributed by atoms with Gasteiger partial charge in [0, 0.05) is 32.6 Å². The molecule has 5 heteroatoms. The molecule has 1 atom stereocenters. The number of fused-ring (bicyclic) bond motifs is 1. The van der Waals surface area contributed by atoms with E-state index in [-0.39, 0.29) is 6.04 Å². The fraction of sp³-hybridized carbons (Fsp3) is 0.476. The van der Waals surface area contributed by atoms with E-state index >= 15 is 0 Å². The molecule has 0 radical (unpaired) electrons. The van der Waals surface area contributed by atoms with E-state index in [4.69, 9.17) is 4.74 Å². The average molecular weight is 355 g/mol. The van der Waals surface area contributed by atoms with Crippen LogP contribution in [0.2, 0.25) is 0 Å². The van der Waals surface area contributed by atoms with E-state index < -0.39 is 5.60 Å². The Balaban J connectivity index is 1.75. The van der Waals surface area contributed by atoms with Crippen molar-refractivity contribution in [2.75, 3.05) is 26.3 Å². The molecule has 0 aromatic heterocycles. The molecule has 1 saturated heterocycles. The maximum absolute atomic E-state index is 10.6. The van der Waals surface area contributed by atoms with Crippen molar-refractivity contribution in [2.45, 2.75) is 38.3 Å². The molecule has 1 aliphatic heterocycles. The average Bonchev–Trinajstić information content (AvgIpc) is 2.66. The lowest BCUT2D eigenvalue weighted by molar-refractivity contribution is -0.0566. The van der Waals surface area contributed by atoms with Crippen LogP contribution in [0.3, 0.4) is 0 Å². The van der Waals surface area contributed by atoms with Gasteiger partial charge in [0.15, 0.2) is 5.96 Å². The van der Waals surface area contributed by atoms with Gasteiger partial charge in [0.25, 0.3) is 0 Å². The fourth-order valence-electron chi connectivity index (χ4n) is 3.37. The fourth-order valence-corrected chi connectivity index (χ4v) is 3.37. The molecule has 0 amide bonds. The summed E-state index contributed by atoms with van der Waals surface area (Å²) in [6.45, 7) is 6.54. The first-order valence-electron chi connectivity index (χ1n) is 9.44. The van der Waals surface area contributed by atoms with Gasteiger partial charge in [-0.2, -0.15) is 0 Å². The van der Waals surface area contributed by atoms with E-state index in [9.17, 15) is 5.11 Å². The lowest BCUT2D eigenvalue weighted by atomic mass is 9.95. The number of nitrogens with one attached hydrogen (secondary N) is 2. The third-order valence-electron chi connectivity index (χ3n) is 4.94. The monoisotopic (exact) mass is 355 g/mol. The molecular weight excluding hydrogens is 326 g/mol. The molecular formula is C21H29N3O2. The highest BCUT2D eigenvalue weighted by Gasteiger charge is 2.29. The summed E-state index contributed by atoms with van der Waals surface area (Å²) in [4.78, 5) is 4.64. The van der Waals surface area contributed by atoms with Crippen LogP contribution in [-0.4, -0.2) is 43.0 Å². The van der Waals surface area contributed by atoms with Crippen molar-refractivity contribution >= 4 is 16.7 Å². The van der Waals surface area contributed by atoms with Crippen LogP contribution in [0.1, 0.15) is 38.3 Å². The van der Waals surface area contributed by atoms with Gasteiger partial charge in [-0.05, 0) is 30.2 Å². The molecule has 0 spiro atoms. The molecule has 1 unspecified atom stereocenters. The number of guanidine groups is 1. The van der Waals surface area contributed by atoms with Gasteiger partial charge in [0.1, 0.15) is 0 Å². The summed E-state index contributed by atoms with van der Waals surface area (Å²) >= 11 is 0. The third-order valence-corrected chi connectivity index (χ3v) is 4.94. The van der Waals surface area contributed by atoms with Crippen LogP contribution in [0.15, 0.2) is 47.5 Å². The van der Waals surface area contributed by atoms with Gasteiger partial charge in [0.05, 0.1) is 18.2 Å². The van der Waals surface area contributed by atoms with Gasteiger partial charge < -0.3 is 20.5 Å². The largest absolute Gasteiger partial charge is 0.388 e. The Labute approximate surface area is 155 Å². The molecule has 26 heavy (non-hydrogen) atoms. The van der Waals surface area contributed by atoms with Crippen molar-refractivity contribution in [2.24, 2.45) is 4.99 Å². The molecule has 5 nitrogen and oxygen atoms in total. The lowest BCUT2D eigenvalue weighted by Crippen LogP contribution is -2.43. The standard InChI is InChI=1S/C21H29N3O2/c1-3-22-20(23-15-21(25)11-13-26-14-12-21)24-16(2)18-10-6-8-17-7-4-5-9-19(17)18/h4-10,16,25H,3,11-15H2,1-2H3,(H2,22,23,24). The Morgan fingerprint density at radius 2 is 1.92 bits per heavy atom. The quantitative estimate of drug-likeness (QED) is 0.570. The third kappa shape index (κ3) is 4.54. The first-order valence-corrected chi connectivity index (χ1v) is 9.44. The second-order valence-electron chi connectivity index (χ2n) is 6.97. The maximum Gasteiger partial charge on any atom is 0.191 e. The summed E-state index contributed by atoms with van der Waals surface area (Å²) in [5, 5.41) is 19.9. The predicted octanol–water partition coefficient (Wildman–Crippen LogP) is 3.00. The highest BCUT2D eigenvalue weighted by atomic mass is 16.5. The van der Waals surface area contributed by atoms with E-state index in [1.165, 1.54) is 16.3 Å². The minimum absolute atomic E-state index is 0.100. The predicted molar refractivity (Wildman–Crippen MR) is 106 cm³/mol. The summed E-state index contributed by atoms with van der Waals surface area (Å²) in [5.74, 6) is 0.729. The molecule has 1 fully saturated rings. The van der Waals surface area contributed by atoms with Gasteiger partial charge in [-0.15, -0.1) is 0 Å². The minimum atomic E-state index is -0.761. The molecule has 3 rings (SSSR count). The van der Waals surface area contributed by atoms with Gasteiger partial charge in [-0.3, -0.25) is 4.99 Å². The Hall–Kier alpha value is -2.11. The van der Waals surface area contributed by atoms with Crippen LogP contribution in [0.5, 0.6) is 0 Å². The van der Waals surface area contributed by atoms with Crippen molar-refractivity contribution < 1.29 is 9.84 Å². The van der Waals surface area contributed by atoms with E-state index in [2.05, 4.69) is 65.0 Å². The highest BCUT2D eigenvalue weighted by Crippen LogP contribution is 2.24. The molecule has 1 heterocycles. The van der Waals surface area contributed by atoms with Gasteiger partial charge in [0.2, 0.25) is 0 Å². The summed E-state index contributed by atoms with van der Waals surface area (Å²) < 4.78 is 5.34. The summed E-state index contributed by atoms with van der Waals surface area (Å²) in [7, 11) is 0. The molecule has 1 aliphatic rings. The van der Waals surface area contributed by atoms with E-state index in [1.54, 1.807) is 0 Å². The van der Waals surface area contributed by atoms with Gasteiger partial charge >= 0.3 is 0 Å². The lowest BCUT2D eigenvalue weighted by Gasteiger charge is -2.31. The summed E-state index contributed by atoms with van der Waals surface area (Å²) in [5.41, 5.74) is 0.474. The molecule has 0 aliphatic carbocycles. The number of benzene rings is 2. The number of ether oxygens (including phenoxy) is 1. The second-order valence-corrected chi connectivity index (χ2v) is 6.97. The van der Waals surface area contributed by atoms with E-state index in [0.717, 1.165) is 12.5 Å². The number of hydrogen-bond acceptors (Lipinski definition) is 3.